The third-order valence-corrected chi connectivity index (χ3v) is 4.19. The molecular formula is C13H16ClN3O2S. The Balaban J connectivity index is 0.00000147. The second kappa shape index (κ2) is 6.39. The van der Waals surface area contributed by atoms with Crippen LogP contribution in [0.15, 0.2) is 18.2 Å². The molecule has 1 aliphatic rings. The molecule has 2 aromatic rings. The molecule has 7 heteroatoms. The molecule has 2 heterocycles. The molecule has 2 N–H and O–H groups in total. The fourth-order valence-electron chi connectivity index (χ4n) is 2.17. The van der Waals surface area contributed by atoms with Gasteiger partial charge in [-0.15, -0.1) is 12.4 Å². The summed E-state index contributed by atoms with van der Waals surface area (Å²) < 4.78 is 6.19. The molecule has 0 saturated carbocycles. The van der Waals surface area contributed by atoms with Gasteiger partial charge in [-0.2, -0.15) is 0 Å². The van der Waals surface area contributed by atoms with Crippen molar-refractivity contribution in [2.75, 3.05) is 25.5 Å². The van der Waals surface area contributed by atoms with E-state index in [9.17, 15) is 4.79 Å². The van der Waals surface area contributed by atoms with Gasteiger partial charge in [-0.3, -0.25) is 4.79 Å². The quantitative estimate of drug-likeness (QED) is 0.912. The molecule has 1 aliphatic heterocycles. The first-order chi connectivity index (χ1) is 9.26. The SMILES string of the molecule is COc1ccc2nc(NC(=O)C3CCNC3)sc2c1.Cl. The Kier molecular flexibility index (Phi) is 4.80. The minimum atomic E-state index is 0. The lowest BCUT2D eigenvalue weighted by atomic mass is 10.1. The molecule has 1 amide bonds. The van der Waals surface area contributed by atoms with Crippen molar-refractivity contribution in [1.82, 2.24) is 10.3 Å². The van der Waals surface area contributed by atoms with Crippen molar-refractivity contribution in [3.63, 3.8) is 0 Å². The summed E-state index contributed by atoms with van der Waals surface area (Å²) in [6.07, 6.45) is 0.893. The Morgan fingerprint density at radius 1 is 1.55 bits per heavy atom. The number of nitrogens with one attached hydrogen (secondary N) is 2. The number of benzene rings is 1. The summed E-state index contributed by atoms with van der Waals surface area (Å²) in [5.74, 6) is 0.909. The number of carbonyl (C=O) groups excluding carboxylic acids is 1. The van der Waals surface area contributed by atoms with Gasteiger partial charge in [-0.25, -0.2) is 4.98 Å². The van der Waals surface area contributed by atoms with Crippen LogP contribution in [0.4, 0.5) is 5.13 Å². The van der Waals surface area contributed by atoms with E-state index in [0.717, 1.165) is 35.5 Å². The van der Waals surface area contributed by atoms with Crippen LogP contribution in [0.3, 0.4) is 0 Å². The summed E-state index contributed by atoms with van der Waals surface area (Å²) in [5, 5.41) is 6.74. The topological polar surface area (TPSA) is 63.2 Å². The third-order valence-electron chi connectivity index (χ3n) is 3.26. The molecule has 1 fully saturated rings. The number of hydrogen-bond acceptors (Lipinski definition) is 5. The summed E-state index contributed by atoms with van der Waals surface area (Å²) >= 11 is 1.47. The van der Waals surface area contributed by atoms with Crippen LogP contribution in [-0.2, 0) is 4.79 Å². The number of halogens is 1. The van der Waals surface area contributed by atoms with Gasteiger partial charge in [0, 0.05) is 6.54 Å². The largest absolute Gasteiger partial charge is 0.497 e. The van der Waals surface area contributed by atoms with Gasteiger partial charge in [-0.05, 0) is 31.2 Å². The highest BCUT2D eigenvalue weighted by molar-refractivity contribution is 7.22. The summed E-state index contributed by atoms with van der Waals surface area (Å²) in [6.45, 7) is 1.67. The Hall–Kier alpha value is -1.37. The Labute approximate surface area is 127 Å². The first-order valence-corrected chi connectivity index (χ1v) is 7.04. The summed E-state index contributed by atoms with van der Waals surface area (Å²) in [4.78, 5) is 16.4. The number of rotatable bonds is 3. The Bertz CT molecular complexity index is 611. The fraction of sp³-hybridized carbons (Fsp3) is 0.385. The molecule has 1 saturated heterocycles. The van der Waals surface area contributed by atoms with E-state index in [2.05, 4.69) is 15.6 Å². The number of nitrogens with zero attached hydrogens (tertiary/aromatic N) is 1. The predicted molar refractivity (Wildman–Crippen MR) is 83.0 cm³/mol. The van der Waals surface area contributed by atoms with Crippen molar-refractivity contribution in [2.24, 2.45) is 5.92 Å². The molecule has 1 unspecified atom stereocenters. The van der Waals surface area contributed by atoms with Crippen LogP contribution in [0, 0.1) is 5.92 Å². The average molecular weight is 314 g/mol. The van der Waals surface area contributed by atoms with E-state index in [1.165, 1.54) is 11.3 Å². The van der Waals surface area contributed by atoms with Gasteiger partial charge in [0.2, 0.25) is 5.91 Å². The fourth-order valence-corrected chi connectivity index (χ4v) is 3.07. The number of anilines is 1. The number of thiazole rings is 1. The van der Waals surface area contributed by atoms with Gasteiger partial charge in [0.25, 0.3) is 0 Å². The molecule has 3 rings (SSSR count). The summed E-state index contributed by atoms with van der Waals surface area (Å²) in [6, 6.07) is 5.70. The molecule has 0 spiro atoms. The Morgan fingerprint density at radius 3 is 3.10 bits per heavy atom. The molecule has 1 aromatic heterocycles. The maximum atomic E-state index is 12.0. The first-order valence-electron chi connectivity index (χ1n) is 6.22. The molecule has 5 nitrogen and oxygen atoms in total. The monoisotopic (exact) mass is 313 g/mol. The summed E-state index contributed by atoms with van der Waals surface area (Å²) in [5.41, 5.74) is 0.880. The molecule has 20 heavy (non-hydrogen) atoms. The zero-order valence-corrected chi connectivity index (χ0v) is 12.6. The maximum absolute atomic E-state index is 12.0. The number of ether oxygens (including phenoxy) is 1. The molecular weight excluding hydrogens is 298 g/mol. The Morgan fingerprint density at radius 2 is 2.40 bits per heavy atom. The van der Waals surface area contributed by atoms with Crippen LogP contribution < -0.4 is 15.4 Å². The van der Waals surface area contributed by atoms with Crippen molar-refractivity contribution >= 4 is 45.0 Å². The van der Waals surface area contributed by atoms with E-state index in [0.29, 0.717) is 5.13 Å². The zero-order valence-electron chi connectivity index (χ0n) is 11.0. The maximum Gasteiger partial charge on any atom is 0.230 e. The molecule has 0 aliphatic carbocycles. The zero-order chi connectivity index (χ0) is 13.2. The molecule has 0 bridgehead atoms. The standard InChI is InChI=1S/C13H15N3O2S.ClH/c1-18-9-2-3-10-11(6-9)19-13(15-10)16-12(17)8-4-5-14-7-8;/h2-3,6,8,14H,4-5,7H2,1H3,(H,15,16,17);1H. The van der Waals surface area contributed by atoms with Crippen LogP contribution >= 0.6 is 23.7 Å². The van der Waals surface area contributed by atoms with Crippen molar-refractivity contribution in [2.45, 2.75) is 6.42 Å². The minimum absolute atomic E-state index is 0. The van der Waals surface area contributed by atoms with Crippen LogP contribution in [0.5, 0.6) is 5.75 Å². The third kappa shape index (κ3) is 3.03. The van der Waals surface area contributed by atoms with Crippen LogP contribution in [0.25, 0.3) is 10.2 Å². The second-order valence-corrected chi connectivity index (χ2v) is 5.56. The van der Waals surface area contributed by atoms with E-state index in [1.54, 1.807) is 7.11 Å². The smallest absolute Gasteiger partial charge is 0.230 e. The van der Waals surface area contributed by atoms with Crippen molar-refractivity contribution in [1.29, 1.82) is 0 Å². The number of hydrogen-bond donors (Lipinski definition) is 2. The second-order valence-electron chi connectivity index (χ2n) is 4.53. The van der Waals surface area contributed by atoms with Crippen LogP contribution in [0.2, 0.25) is 0 Å². The van der Waals surface area contributed by atoms with E-state index in [1.807, 2.05) is 18.2 Å². The molecule has 1 atom stereocenters. The van der Waals surface area contributed by atoms with Crippen LogP contribution in [0.1, 0.15) is 6.42 Å². The van der Waals surface area contributed by atoms with Crippen molar-refractivity contribution in [3.8, 4) is 5.75 Å². The van der Waals surface area contributed by atoms with Gasteiger partial charge in [0.05, 0.1) is 23.2 Å². The molecule has 1 aromatic carbocycles. The first kappa shape index (κ1) is 15.0. The molecule has 0 radical (unpaired) electrons. The van der Waals surface area contributed by atoms with E-state index < -0.39 is 0 Å². The lowest BCUT2D eigenvalue weighted by Crippen LogP contribution is -2.24. The predicted octanol–water partition coefficient (Wildman–Crippen LogP) is 2.27. The van der Waals surface area contributed by atoms with Gasteiger partial charge in [0.1, 0.15) is 5.75 Å². The van der Waals surface area contributed by atoms with E-state index in [-0.39, 0.29) is 24.2 Å². The van der Waals surface area contributed by atoms with Crippen molar-refractivity contribution in [3.05, 3.63) is 18.2 Å². The molecule has 108 valence electrons. The number of methoxy groups -OCH3 is 1. The number of fused-ring (bicyclic) bond motifs is 1. The highest BCUT2D eigenvalue weighted by atomic mass is 35.5. The highest BCUT2D eigenvalue weighted by Crippen LogP contribution is 2.29. The van der Waals surface area contributed by atoms with Crippen LogP contribution in [-0.4, -0.2) is 31.1 Å². The van der Waals surface area contributed by atoms with Gasteiger partial charge in [-0.1, -0.05) is 11.3 Å². The number of aromatic nitrogens is 1. The van der Waals surface area contributed by atoms with Gasteiger partial charge in [0.15, 0.2) is 5.13 Å². The number of carbonyl (C=O) groups is 1. The number of amides is 1. The van der Waals surface area contributed by atoms with Crippen molar-refractivity contribution < 1.29 is 9.53 Å². The lowest BCUT2D eigenvalue weighted by Gasteiger charge is -2.06. The summed E-state index contributed by atoms with van der Waals surface area (Å²) in [7, 11) is 1.64. The highest BCUT2D eigenvalue weighted by Gasteiger charge is 2.23. The lowest BCUT2D eigenvalue weighted by molar-refractivity contribution is -0.119. The minimum Gasteiger partial charge on any atom is -0.497 e. The van der Waals surface area contributed by atoms with E-state index in [4.69, 9.17) is 4.74 Å². The van der Waals surface area contributed by atoms with Gasteiger partial charge < -0.3 is 15.4 Å². The normalized spacial score (nSPS) is 17.8. The average Bonchev–Trinajstić information content (AvgIpc) is 3.06. The van der Waals surface area contributed by atoms with E-state index >= 15 is 0 Å². The van der Waals surface area contributed by atoms with Gasteiger partial charge >= 0.3 is 0 Å².